The Kier molecular flexibility index (Phi) is 4.06. The first-order valence-electron chi connectivity index (χ1n) is 6.20. The molecule has 0 aliphatic carbocycles. The maximum Gasteiger partial charge on any atom is 0.321 e. The Hall–Kier alpha value is -0.393. The Bertz CT molecular complexity index is 299. The van der Waals surface area contributed by atoms with Crippen LogP contribution in [0.5, 0.6) is 0 Å². The van der Waals surface area contributed by atoms with Gasteiger partial charge in [0, 0.05) is 12.5 Å². The van der Waals surface area contributed by atoms with Gasteiger partial charge in [-0.05, 0) is 18.1 Å². The highest BCUT2D eigenvalue weighted by molar-refractivity contribution is 6.74. The molecule has 0 spiro atoms. The highest BCUT2D eigenvalue weighted by Gasteiger charge is 2.44. The van der Waals surface area contributed by atoms with Crippen LogP contribution in [-0.2, 0) is 9.22 Å². The van der Waals surface area contributed by atoms with E-state index in [1.54, 1.807) is 0 Å². The van der Waals surface area contributed by atoms with E-state index in [0.717, 1.165) is 0 Å². The van der Waals surface area contributed by atoms with Crippen molar-refractivity contribution in [3.05, 3.63) is 0 Å². The second-order valence-electron chi connectivity index (χ2n) is 6.50. The van der Waals surface area contributed by atoms with Crippen molar-refractivity contribution in [3.63, 3.8) is 0 Å². The largest absolute Gasteiger partial charge is 0.480 e. The van der Waals surface area contributed by atoms with E-state index in [0.29, 0.717) is 6.54 Å². The fourth-order valence-corrected chi connectivity index (χ4v) is 3.25. The zero-order valence-corrected chi connectivity index (χ0v) is 12.7. The lowest BCUT2D eigenvalue weighted by Gasteiger charge is -2.39. The van der Waals surface area contributed by atoms with E-state index in [4.69, 9.17) is 9.53 Å². The van der Waals surface area contributed by atoms with E-state index < -0.39 is 20.3 Å². The van der Waals surface area contributed by atoms with Gasteiger partial charge in [0.2, 0.25) is 0 Å². The normalized spacial score (nSPS) is 30.6. The molecule has 1 fully saturated rings. The SMILES string of the molecule is C[C@@H]1[C@@H](O[Si](C)(C)C(C)(C)C)CN[C@@H]1C(=O)O. The standard InChI is InChI=1S/C12H25NO3Si/c1-8-9(7-13-10(8)11(14)15)16-17(5,6)12(2,3)4/h8-10,13H,7H2,1-6H3,(H,14,15)/t8-,9+,10+/m1/s1. The summed E-state index contributed by atoms with van der Waals surface area (Å²) in [5.74, 6) is -0.750. The first-order valence-corrected chi connectivity index (χ1v) is 9.11. The van der Waals surface area contributed by atoms with Gasteiger partial charge in [0.15, 0.2) is 8.32 Å². The van der Waals surface area contributed by atoms with Crippen molar-refractivity contribution in [1.82, 2.24) is 5.32 Å². The Morgan fingerprint density at radius 1 is 1.41 bits per heavy atom. The van der Waals surface area contributed by atoms with Crippen LogP contribution < -0.4 is 5.32 Å². The summed E-state index contributed by atoms with van der Waals surface area (Å²) in [6.07, 6.45) is 0.0250. The van der Waals surface area contributed by atoms with Crippen LogP contribution >= 0.6 is 0 Å². The lowest BCUT2D eigenvalue weighted by Crippen LogP contribution is -2.46. The maximum atomic E-state index is 11.0. The molecule has 0 bridgehead atoms. The van der Waals surface area contributed by atoms with Gasteiger partial charge in [-0.15, -0.1) is 0 Å². The zero-order valence-electron chi connectivity index (χ0n) is 11.7. The first kappa shape index (κ1) is 14.7. The second kappa shape index (κ2) is 4.70. The average molecular weight is 259 g/mol. The van der Waals surface area contributed by atoms with Crippen LogP contribution in [0.2, 0.25) is 18.1 Å². The number of hydrogen-bond acceptors (Lipinski definition) is 3. The molecule has 1 saturated heterocycles. The molecule has 0 amide bonds. The number of nitrogens with one attached hydrogen (secondary N) is 1. The van der Waals surface area contributed by atoms with Gasteiger partial charge in [0.05, 0.1) is 6.10 Å². The molecular weight excluding hydrogens is 234 g/mol. The summed E-state index contributed by atoms with van der Waals surface area (Å²) in [6.45, 7) is 13.6. The Morgan fingerprint density at radius 2 is 1.94 bits per heavy atom. The predicted molar refractivity (Wildman–Crippen MR) is 70.7 cm³/mol. The van der Waals surface area contributed by atoms with E-state index in [1.165, 1.54) is 0 Å². The molecule has 1 aliphatic heterocycles. The van der Waals surface area contributed by atoms with Gasteiger partial charge in [-0.3, -0.25) is 4.79 Å². The fraction of sp³-hybridized carbons (Fsp3) is 0.917. The van der Waals surface area contributed by atoms with Crippen LogP contribution in [0, 0.1) is 5.92 Å². The highest BCUT2D eigenvalue weighted by atomic mass is 28.4. The van der Waals surface area contributed by atoms with Crippen LogP contribution in [0.25, 0.3) is 0 Å². The molecule has 0 saturated carbocycles. The van der Waals surface area contributed by atoms with E-state index in [1.807, 2.05) is 6.92 Å². The van der Waals surface area contributed by atoms with Crippen molar-refractivity contribution in [3.8, 4) is 0 Å². The van der Waals surface area contributed by atoms with Gasteiger partial charge in [-0.25, -0.2) is 0 Å². The molecular formula is C12H25NO3Si. The molecule has 1 heterocycles. The summed E-state index contributed by atoms with van der Waals surface area (Å²) in [7, 11) is -1.81. The third-order valence-corrected chi connectivity index (χ3v) is 8.67. The molecule has 3 atom stereocenters. The Balaban J connectivity index is 2.69. The van der Waals surface area contributed by atoms with Gasteiger partial charge in [-0.2, -0.15) is 0 Å². The van der Waals surface area contributed by atoms with Crippen LogP contribution in [-0.4, -0.2) is 38.1 Å². The molecule has 5 heteroatoms. The van der Waals surface area contributed by atoms with Crippen LogP contribution in [0.4, 0.5) is 0 Å². The number of hydrogen-bond donors (Lipinski definition) is 2. The highest BCUT2D eigenvalue weighted by Crippen LogP contribution is 2.38. The summed E-state index contributed by atoms with van der Waals surface area (Å²) in [6, 6.07) is -0.468. The summed E-state index contributed by atoms with van der Waals surface area (Å²) < 4.78 is 6.27. The minimum Gasteiger partial charge on any atom is -0.480 e. The van der Waals surface area contributed by atoms with Crippen molar-refractivity contribution in [2.45, 2.75) is 58.0 Å². The Labute approximate surface area is 105 Å². The number of carbonyl (C=O) groups is 1. The molecule has 0 radical (unpaired) electrons. The monoisotopic (exact) mass is 259 g/mol. The summed E-state index contributed by atoms with van der Waals surface area (Å²) in [5.41, 5.74) is 0. The quantitative estimate of drug-likeness (QED) is 0.762. The third-order valence-electron chi connectivity index (χ3n) is 4.17. The van der Waals surface area contributed by atoms with Gasteiger partial charge in [0.1, 0.15) is 6.04 Å². The maximum absolute atomic E-state index is 11.0. The fourth-order valence-electron chi connectivity index (χ4n) is 1.85. The van der Waals surface area contributed by atoms with Crippen molar-refractivity contribution in [2.24, 2.45) is 5.92 Å². The molecule has 0 unspecified atom stereocenters. The van der Waals surface area contributed by atoms with Crippen molar-refractivity contribution in [2.75, 3.05) is 6.54 Å². The predicted octanol–water partition coefficient (Wildman–Crippen LogP) is 2.07. The Morgan fingerprint density at radius 3 is 2.29 bits per heavy atom. The van der Waals surface area contributed by atoms with E-state index in [-0.39, 0.29) is 17.1 Å². The summed E-state index contributed by atoms with van der Waals surface area (Å²) in [4.78, 5) is 11.0. The van der Waals surface area contributed by atoms with Crippen molar-refractivity contribution >= 4 is 14.3 Å². The number of carboxylic acid groups (broad SMARTS) is 1. The lowest BCUT2D eigenvalue weighted by atomic mass is 10.0. The van der Waals surface area contributed by atoms with E-state index in [9.17, 15) is 4.79 Å². The average Bonchev–Trinajstić information content (AvgIpc) is 2.45. The number of carboxylic acids is 1. The van der Waals surface area contributed by atoms with Crippen LogP contribution in [0.15, 0.2) is 0 Å². The molecule has 4 nitrogen and oxygen atoms in total. The second-order valence-corrected chi connectivity index (χ2v) is 11.3. The van der Waals surface area contributed by atoms with Gasteiger partial charge in [-0.1, -0.05) is 27.7 Å². The molecule has 17 heavy (non-hydrogen) atoms. The molecule has 1 aliphatic rings. The van der Waals surface area contributed by atoms with Gasteiger partial charge in [0.25, 0.3) is 0 Å². The van der Waals surface area contributed by atoms with E-state index >= 15 is 0 Å². The smallest absolute Gasteiger partial charge is 0.321 e. The molecule has 100 valence electrons. The minimum absolute atomic E-state index is 0.0250. The molecule has 0 aromatic carbocycles. The molecule has 0 aromatic heterocycles. The number of rotatable bonds is 3. The third kappa shape index (κ3) is 3.08. The van der Waals surface area contributed by atoms with Crippen LogP contribution in [0.3, 0.4) is 0 Å². The molecule has 0 aromatic rings. The van der Waals surface area contributed by atoms with Crippen molar-refractivity contribution < 1.29 is 14.3 Å². The van der Waals surface area contributed by atoms with E-state index in [2.05, 4.69) is 39.2 Å². The summed E-state index contributed by atoms with van der Waals surface area (Å²) in [5, 5.41) is 12.2. The summed E-state index contributed by atoms with van der Waals surface area (Å²) >= 11 is 0. The van der Waals surface area contributed by atoms with Crippen LogP contribution in [0.1, 0.15) is 27.7 Å². The van der Waals surface area contributed by atoms with Gasteiger partial charge >= 0.3 is 5.97 Å². The molecule has 1 rings (SSSR count). The zero-order chi connectivity index (χ0) is 13.4. The topological polar surface area (TPSA) is 58.6 Å². The molecule has 2 N–H and O–H groups in total. The minimum atomic E-state index is -1.81. The number of aliphatic carboxylic acids is 1. The van der Waals surface area contributed by atoms with Gasteiger partial charge < -0.3 is 14.8 Å². The van der Waals surface area contributed by atoms with Crippen molar-refractivity contribution in [1.29, 1.82) is 0 Å². The lowest BCUT2D eigenvalue weighted by molar-refractivity contribution is -0.140. The first-order chi connectivity index (χ1) is 7.56.